The Bertz CT molecular complexity index is 1010. The predicted octanol–water partition coefficient (Wildman–Crippen LogP) is 3.38. The third-order valence-corrected chi connectivity index (χ3v) is 5.03. The van der Waals surface area contributed by atoms with Crippen LogP contribution in [0.4, 0.5) is 5.69 Å². The summed E-state index contributed by atoms with van der Waals surface area (Å²) in [6.07, 6.45) is -0.308. The number of hydrogen-bond donors (Lipinski definition) is 2. The number of hydrogen-bond acceptors (Lipinski definition) is 6. The fourth-order valence-corrected chi connectivity index (χ4v) is 3.34. The zero-order valence-corrected chi connectivity index (χ0v) is 16.7. The molecule has 0 aliphatic heterocycles. The Kier molecular flexibility index (Phi) is 6.50. The van der Waals surface area contributed by atoms with E-state index in [0.29, 0.717) is 16.7 Å². The highest BCUT2D eigenvalue weighted by molar-refractivity contribution is 7.99. The maximum atomic E-state index is 12.2. The number of aromatic carboxylic acids is 1. The smallest absolute Gasteiger partial charge is 0.335 e. The number of carboxylic acid groups (broad SMARTS) is 1. The molecule has 2 N–H and O–H groups in total. The second-order valence-electron chi connectivity index (χ2n) is 6.20. The Labute approximate surface area is 171 Å². The van der Waals surface area contributed by atoms with Crippen LogP contribution in [-0.2, 0) is 11.8 Å². The van der Waals surface area contributed by atoms with Gasteiger partial charge < -0.3 is 19.7 Å². The molecule has 0 aliphatic rings. The topological polar surface area (TPSA) is 106 Å². The molecule has 2 aromatic carbocycles. The van der Waals surface area contributed by atoms with E-state index in [2.05, 4.69) is 15.5 Å². The molecule has 0 saturated carbocycles. The number of para-hydroxylation sites is 1. The SMILES string of the molecule is C[C@H](Oc1ccccc1)c1nnc(SCC(=O)Nc2cccc(C(=O)O)c2)n1C. The molecule has 3 rings (SSSR count). The van der Waals surface area contributed by atoms with Crippen molar-refractivity contribution in [1.29, 1.82) is 0 Å². The summed E-state index contributed by atoms with van der Waals surface area (Å²) >= 11 is 1.23. The Balaban J connectivity index is 1.58. The van der Waals surface area contributed by atoms with Crippen LogP contribution in [0.5, 0.6) is 5.75 Å². The minimum atomic E-state index is -1.05. The lowest BCUT2D eigenvalue weighted by atomic mass is 10.2. The van der Waals surface area contributed by atoms with Crippen molar-refractivity contribution in [2.24, 2.45) is 7.05 Å². The van der Waals surface area contributed by atoms with E-state index in [9.17, 15) is 9.59 Å². The van der Waals surface area contributed by atoms with Gasteiger partial charge >= 0.3 is 5.97 Å². The van der Waals surface area contributed by atoms with Gasteiger partial charge in [-0.2, -0.15) is 0 Å². The van der Waals surface area contributed by atoms with Crippen molar-refractivity contribution < 1.29 is 19.4 Å². The van der Waals surface area contributed by atoms with Crippen LogP contribution in [-0.4, -0.2) is 37.5 Å². The molecule has 3 aromatic rings. The van der Waals surface area contributed by atoms with Gasteiger partial charge in [0, 0.05) is 12.7 Å². The summed E-state index contributed by atoms with van der Waals surface area (Å²) in [4.78, 5) is 23.2. The minimum absolute atomic E-state index is 0.108. The normalized spacial score (nSPS) is 11.7. The number of nitrogens with zero attached hydrogens (tertiary/aromatic N) is 3. The molecule has 0 bridgehead atoms. The number of nitrogens with one attached hydrogen (secondary N) is 1. The van der Waals surface area contributed by atoms with Gasteiger partial charge in [0.25, 0.3) is 0 Å². The van der Waals surface area contributed by atoms with Gasteiger partial charge in [0.15, 0.2) is 17.1 Å². The molecule has 0 spiro atoms. The van der Waals surface area contributed by atoms with Crippen molar-refractivity contribution in [3.8, 4) is 5.75 Å². The van der Waals surface area contributed by atoms with Crippen molar-refractivity contribution in [3.63, 3.8) is 0 Å². The van der Waals surface area contributed by atoms with Crippen LogP contribution in [0.1, 0.15) is 29.2 Å². The number of amides is 1. The highest BCUT2D eigenvalue weighted by Crippen LogP contribution is 2.23. The fraction of sp³-hybridized carbons (Fsp3) is 0.200. The number of aromatic nitrogens is 3. The largest absolute Gasteiger partial charge is 0.483 e. The Hall–Kier alpha value is -3.33. The summed E-state index contributed by atoms with van der Waals surface area (Å²) in [6, 6.07) is 15.5. The zero-order valence-electron chi connectivity index (χ0n) is 15.9. The quantitative estimate of drug-likeness (QED) is 0.546. The second-order valence-corrected chi connectivity index (χ2v) is 7.14. The molecule has 0 aliphatic carbocycles. The number of carboxylic acids is 1. The van der Waals surface area contributed by atoms with E-state index in [4.69, 9.17) is 9.84 Å². The van der Waals surface area contributed by atoms with E-state index in [1.165, 1.54) is 23.9 Å². The molecule has 8 nitrogen and oxygen atoms in total. The van der Waals surface area contributed by atoms with Crippen LogP contribution in [0.25, 0.3) is 0 Å². The van der Waals surface area contributed by atoms with Crippen LogP contribution >= 0.6 is 11.8 Å². The molecule has 1 amide bonds. The first-order valence-corrected chi connectivity index (χ1v) is 9.79. The first-order valence-electron chi connectivity index (χ1n) is 8.81. The van der Waals surface area contributed by atoms with Gasteiger partial charge in [0.05, 0.1) is 11.3 Å². The Morgan fingerprint density at radius 1 is 1.17 bits per heavy atom. The van der Waals surface area contributed by atoms with E-state index >= 15 is 0 Å². The van der Waals surface area contributed by atoms with Gasteiger partial charge in [-0.05, 0) is 37.3 Å². The summed E-state index contributed by atoms with van der Waals surface area (Å²) in [5.74, 6) is 0.174. The fourth-order valence-electron chi connectivity index (χ4n) is 2.62. The van der Waals surface area contributed by atoms with E-state index in [0.717, 1.165) is 5.75 Å². The Morgan fingerprint density at radius 3 is 2.66 bits per heavy atom. The number of ether oxygens (including phenoxy) is 1. The summed E-state index contributed by atoms with van der Waals surface area (Å²) in [5, 5.41) is 20.6. The summed E-state index contributed by atoms with van der Waals surface area (Å²) in [6.45, 7) is 1.88. The molecule has 9 heteroatoms. The maximum absolute atomic E-state index is 12.2. The van der Waals surface area contributed by atoms with E-state index in [1.54, 1.807) is 16.7 Å². The summed E-state index contributed by atoms with van der Waals surface area (Å²) in [7, 11) is 1.82. The van der Waals surface area contributed by atoms with Gasteiger partial charge in [-0.15, -0.1) is 10.2 Å². The number of rotatable bonds is 8. The maximum Gasteiger partial charge on any atom is 0.335 e. The Morgan fingerprint density at radius 2 is 1.93 bits per heavy atom. The van der Waals surface area contributed by atoms with Crippen molar-refractivity contribution in [1.82, 2.24) is 14.8 Å². The average molecular weight is 412 g/mol. The lowest BCUT2D eigenvalue weighted by Gasteiger charge is -2.14. The van der Waals surface area contributed by atoms with Gasteiger partial charge in [-0.1, -0.05) is 36.0 Å². The van der Waals surface area contributed by atoms with E-state index in [1.807, 2.05) is 44.3 Å². The first kappa shape index (κ1) is 20.4. The monoisotopic (exact) mass is 412 g/mol. The standard InChI is InChI=1S/C20H20N4O4S/c1-13(28-16-9-4-3-5-10-16)18-22-23-20(24(18)2)29-12-17(25)21-15-8-6-7-14(11-15)19(26)27/h3-11,13H,12H2,1-2H3,(H,21,25)(H,26,27)/t13-/m0/s1. The van der Waals surface area contributed by atoms with E-state index in [-0.39, 0.29) is 23.3 Å². The van der Waals surface area contributed by atoms with Crippen LogP contribution in [0, 0.1) is 0 Å². The first-order chi connectivity index (χ1) is 13.9. The molecule has 29 heavy (non-hydrogen) atoms. The van der Waals surface area contributed by atoms with Gasteiger partial charge in [0.1, 0.15) is 5.75 Å². The molecule has 1 heterocycles. The highest BCUT2D eigenvalue weighted by Gasteiger charge is 2.18. The molecular weight excluding hydrogens is 392 g/mol. The lowest BCUT2D eigenvalue weighted by molar-refractivity contribution is -0.113. The molecule has 0 fully saturated rings. The third kappa shape index (κ3) is 5.35. The average Bonchev–Trinajstić information content (AvgIpc) is 3.08. The summed E-state index contributed by atoms with van der Waals surface area (Å²) in [5.41, 5.74) is 0.542. The predicted molar refractivity (Wildman–Crippen MR) is 109 cm³/mol. The molecule has 0 unspecified atom stereocenters. The van der Waals surface area contributed by atoms with Crippen molar-refractivity contribution in [3.05, 3.63) is 66.0 Å². The van der Waals surface area contributed by atoms with Gasteiger partial charge in [0.2, 0.25) is 5.91 Å². The van der Waals surface area contributed by atoms with Crippen molar-refractivity contribution in [2.75, 3.05) is 11.1 Å². The molecule has 1 atom stereocenters. The number of carbonyl (C=O) groups excluding carboxylic acids is 1. The van der Waals surface area contributed by atoms with Crippen LogP contribution in [0.15, 0.2) is 59.8 Å². The number of thioether (sulfide) groups is 1. The van der Waals surface area contributed by atoms with Crippen molar-refractivity contribution >= 4 is 29.3 Å². The van der Waals surface area contributed by atoms with Gasteiger partial charge in [-0.3, -0.25) is 4.79 Å². The van der Waals surface area contributed by atoms with Gasteiger partial charge in [-0.25, -0.2) is 4.79 Å². The second kappa shape index (κ2) is 9.24. The van der Waals surface area contributed by atoms with E-state index < -0.39 is 5.97 Å². The lowest BCUT2D eigenvalue weighted by Crippen LogP contribution is -2.15. The third-order valence-electron chi connectivity index (χ3n) is 4.01. The molecule has 150 valence electrons. The summed E-state index contributed by atoms with van der Waals surface area (Å²) < 4.78 is 7.66. The number of anilines is 1. The molecule has 0 radical (unpaired) electrons. The van der Waals surface area contributed by atoms with Crippen molar-refractivity contribution in [2.45, 2.75) is 18.2 Å². The molecular formula is C20H20N4O4S. The van der Waals surface area contributed by atoms with Crippen LogP contribution in [0.2, 0.25) is 0 Å². The highest BCUT2D eigenvalue weighted by atomic mass is 32.2. The number of benzene rings is 2. The zero-order chi connectivity index (χ0) is 20.8. The molecule has 0 saturated heterocycles. The van der Waals surface area contributed by atoms with Crippen LogP contribution < -0.4 is 10.1 Å². The van der Waals surface area contributed by atoms with Crippen LogP contribution in [0.3, 0.4) is 0 Å². The molecule has 1 aromatic heterocycles. The number of carbonyl (C=O) groups is 2. The minimum Gasteiger partial charge on any atom is -0.483 e.